The number of rotatable bonds is 0. The molecule has 6 heavy (non-hydrogen) atoms. The fourth-order valence-electron chi connectivity index (χ4n) is 0. The fourth-order valence-corrected chi connectivity index (χ4v) is 0. The maximum Gasteiger partial charge on any atom is 0.0661 e. The zero-order valence-electron chi connectivity index (χ0n) is 4.38. The van der Waals surface area contributed by atoms with Crippen LogP contribution in [-0.4, -0.2) is 21.1 Å². The lowest BCUT2D eigenvalue weighted by Gasteiger charge is -1.88. The van der Waals surface area contributed by atoms with E-state index in [2.05, 4.69) is 21.1 Å². The van der Waals surface area contributed by atoms with Crippen LogP contribution >= 0.6 is 13.5 Å². The highest BCUT2D eigenvalue weighted by Crippen LogP contribution is 0.864. The molecule has 0 atom stereocenters. The van der Waals surface area contributed by atoms with Crippen molar-refractivity contribution < 1.29 is 17.3 Å². The van der Waals surface area contributed by atoms with Gasteiger partial charge in [-0.05, 0) is 0 Å². The Kier molecular flexibility index (Phi) is 24.3. The summed E-state index contributed by atoms with van der Waals surface area (Å²) in [5.74, 6) is 0. The molecule has 0 bridgehead atoms. The van der Waals surface area contributed by atoms with Gasteiger partial charge in [-0.2, -0.15) is 13.5 Å². The lowest BCUT2D eigenvalue weighted by Crippen LogP contribution is -3.02. The maximum absolute atomic E-state index is 2.08. The molecule has 0 aromatic rings. The van der Waals surface area contributed by atoms with Gasteiger partial charge in [0.25, 0.3) is 0 Å². The van der Waals surface area contributed by atoms with Gasteiger partial charge in [-0.3, -0.25) is 0 Å². The maximum atomic E-state index is 2.08. The molecule has 42 valence electrons. The third-order valence-electron chi connectivity index (χ3n) is 0. The third kappa shape index (κ3) is 166. The Morgan fingerprint density at radius 2 is 1.00 bits per heavy atom. The topological polar surface area (TPSA) is 4.44 Å². The van der Waals surface area contributed by atoms with Crippen LogP contribution in [-0.2, 0) is 0 Å². The van der Waals surface area contributed by atoms with Gasteiger partial charge in [-0.25, -0.2) is 0 Å². The highest BCUT2D eigenvalue weighted by atomic mass is 35.5. The van der Waals surface area contributed by atoms with E-state index < -0.39 is 0 Å². The van der Waals surface area contributed by atoms with Crippen LogP contribution in [0.25, 0.3) is 0 Å². The highest BCUT2D eigenvalue weighted by Gasteiger charge is 1.61. The second-order valence-corrected chi connectivity index (χ2v) is 1.50. The van der Waals surface area contributed by atoms with Gasteiger partial charge >= 0.3 is 0 Å². The normalized spacial score (nSPS) is 6.00. The molecule has 0 saturated carbocycles. The average molecular weight is 130 g/mol. The first-order valence-corrected chi connectivity index (χ1v) is 1.50. The molecule has 0 aromatic carbocycles. The van der Waals surface area contributed by atoms with Crippen molar-refractivity contribution in [3.05, 3.63) is 0 Å². The summed E-state index contributed by atoms with van der Waals surface area (Å²) < 4.78 is 0. The molecule has 1 nitrogen and oxygen atoms in total. The molecule has 0 aliphatic heterocycles. The summed E-state index contributed by atoms with van der Waals surface area (Å²) >= 11 is 0. The Morgan fingerprint density at radius 3 is 1.00 bits per heavy atom. The lowest BCUT2D eigenvalue weighted by atomic mass is 11.0. The Bertz CT molecular complexity index is 15.5. The molecule has 0 aliphatic carbocycles. The van der Waals surface area contributed by atoms with E-state index in [0.29, 0.717) is 0 Å². The predicted octanol–water partition coefficient (Wildman–Crippen LogP) is -4.12. The van der Waals surface area contributed by atoms with Crippen LogP contribution < -0.4 is 17.3 Å². The van der Waals surface area contributed by atoms with Crippen LogP contribution in [0.3, 0.4) is 0 Å². The van der Waals surface area contributed by atoms with Crippen molar-refractivity contribution in [1.29, 1.82) is 0 Å². The quantitative estimate of drug-likeness (QED) is 0.339. The van der Waals surface area contributed by atoms with Crippen molar-refractivity contribution in [3.63, 3.8) is 0 Å². The summed E-state index contributed by atoms with van der Waals surface area (Å²) in [6.45, 7) is 0. The summed E-state index contributed by atoms with van der Waals surface area (Å²) in [6, 6.07) is 0. The van der Waals surface area contributed by atoms with Crippen molar-refractivity contribution in [2.75, 3.05) is 21.1 Å². The van der Waals surface area contributed by atoms with E-state index in [4.69, 9.17) is 0 Å². The van der Waals surface area contributed by atoms with E-state index in [1.165, 1.54) is 4.90 Å². The number of quaternary nitrogens is 1. The SMILES string of the molecule is C[NH+](C)C.S.[Cl-]. The van der Waals surface area contributed by atoms with E-state index in [9.17, 15) is 0 Å². The van der Waals surface area contributed by atoms with E-state index in [0.717, 1.165) is 0 Å². The molecule has 0 heterocycles. The van der Waals surface area contributed by atoms with Crippen LogP contribution in [0.5, 0.6) is 0 Å². The molecule has 0 saturated heterocycles. The molecule has 1 N–H and O–H groups in total. The molecule has 0 spiro atoms. The van der Waals surface area contributed by atoms with E-state index in [-0.39, 0.29) is 25.9 Å². The second-order valence-electron chi connectivity index (χ2n) is 1.50. The number of hydrogen-bond donors (Lipinski definition) is 1. The first-order valence-electron chi connectivity index (χ1n) is 1.50. The largest absolute Gasteiger partial charge is 1.00 e. The van der Waals surface area contributed by atoms with Gasteiger partial charge in [0.1, 0.15) is 0 Å². The predicted molar refractivity (Wildman–Crippen MR) is 29.1 cm³/mol. The van der Waals surface area contributed by atoms with Gasteiger partial charge in [0.05, 0.1) is 21.1 Å². The number of halogens is 1. The van der Waals surface area contributed by atoms with Crippen molar-refractivity contribution >= 4 is 13.5 Å². The third-order valence-corrected chi connectivity index (χ3v) is 0. The summed E-state index contributed by atoms with van der Waals surface area (Å²) in [5.41, 5.74) is 0. The minimum absolute atomic E-state index is 0. The van der Waals surface area contributed by atoms with E-state index in [1.54, 1.807) is 0 Å². The van der Waals surface area contributed by atoms with Gasteiger partial charge in [0.2, 0.25) is 0 Å². The molecule has 0 amide bonds. The molecular formula is C3H12ClNS. The van der Waals surface area contributed by atoms with E-state index >= 15 is 0 Å². The van der Waals surface area contributed by atoms with Crippen molar-refractivity contribution in [3.8, 4) is 0 Å². The molecule has 3 heteroatoms. The van der Waals surface area contributed by atoms with Gasteiger partial charge < -0.3 is 17.3 Å². The Balaban J connectivity index is -0.0000000450. The number of hydrogen-bond acceptors (Lipinski definition) is 0. The average Bonchev–Trinajstić information content (AvgIpc) is 0.811. The van der Waals surface area contributed by atoms with Crippen molar-refractivity contribution in [1.82, 2.24) is 0 Å². The summed E-state index contributed by atoms with van der Waals surface area (Å²) in [5, 5.41) is 0. The molecule has 0 aliphatic rings. The summed E-state index contributed by atoms with van der Waals surface area (Å²) in [4.78, 5) is 1.42. The number of nitrogens with one attached hydrogen (secondary N) is 1. The zero-order chi connectivity index (χ0) is 3.58. The van der Waals surface area contributed by atoms with Crippen molar-refractivity contribution in [2.45, 2.75) is 0 Å². The first kappa shape index (κ1) is 16.0. The minimum atomic E-state index is 0. The molecular weight excluding hydrogens is 118 g/mol. The van der Waals surface area contributed by atoms with Crippen LogP contribution in [0, 0.1) is 0 Å². The minimum Gasteiger partial charge on any atom is -1.00 e. The van der Waals surface area contributed by atoms with Crippen LogP contribution in [0.15, 0.2) is 0 Å². The molecule has 0 aromatic heterocycles. The summed E-state index contributed by atoms with van der Waals surface area (Å²) in [6.07, 6.45) is 0. The molecule has 0 fully saturated rings. The smallest absolute Gasteiger partial charge is 0.0661 e. The van der Waals surface area contributed by atoms with Gasteiger partial charge in [-0.15, -0.1) is 0 Å². The highest BCUT2D eigenvalue weighted by molar-refractivity contribution is 7.59. The lowest BCUT2D eigenvalue weighted by molar-refractivity contribution is -0.836. The van der Waals surface area contributed by atoms with E-state index in [1.807, 2.05) is 0 Å². The van der Waals surface area contributed by atoms with Gasteiger partial charge in [0.15, 0.2) is 0 Å². The van der Waals surface area contributed by atoms with Crippen LogP contribution in [0.1, 0.15) is 0 Å². The van der Waals surface area contributed by atoms with Crippen molar-refractivity contribution in [2.24, 2.45) is 0 Å². The van der Waals surface area contributed by atoms with Crippen LogP contribution in [0.4, 0.5) is 0 Å². The first-order chi connectivity index (χ1) is 1.73. The standard InChI is InChI=1S/C3H9N.ClH.H2S/c1-4(2)3;;/h1-3H3;1H;1H2. The molecule has 0 unspecified atom stereocenters. The van der Waals surface area contributed by atoms with Crippen LogP contribution in [0.2, 0.25) is 0 Å². The fraction of sp³-hybridized carbons (Fsp3) is 1.00. The summed E-state index contributed by atoms with van der Waals surface area (Å²) in [7, 11) is 6.25. The Hall–Kier alpha value is 0.600. The Morgan fingerprint density at radius 1 is 1.00 bits per heavy atom. The second kappa shape index (κ2) is 9.14. The molecule has 0 rings (SSSR count). The zero-order valence-corrected chi connectivity index (χ0v) is 6.13. The van der Waals surface area contributed by atoms with Gasteiger partial charge in [-0.1, -0.05) is 0 Å². The van der Waals surface area contributed by atoms with Gasteiger partial charge in [0, 0.05) is 0 Å². The monoisotopic (exact) mass is 129 g/mol. The Labute approximate surface area is 52.6 Å². The molecule has 0 radical (unpaired) electrons.